The molecule has 1 heteroatoms. The molecule has 0 saturated carbocycles. The Hall–Kier alpha value is -1.42. The van der Waals surface area contributed by atoms with Crippen molar-refractivity contribution in [1.29, 1.82) is 0 Å². The van der Waals surface area contributed by atoms with Crippen molar-refractivity contribution in [2.24, 2.45) is 5.92 Å². The van der Waals surface area contributed by atoms with E-state index in [2.05, 4.69) is 51.7 Å². The van der Waals surface area contributed by atoms with Crippen LogP contribution in [0.1, 0.15) is 43.4 Å². The van der Waals surface area contributed by atoms with Gasteiger partial charge in [-0.05, 0) is 37.8 Å². The molecule has 0 fully saturated rings. The van der Waals surface area contributed by atoms with Crippen molar-refractivity contribution in [2.75, 3.05) is 7.11 Å². The summed E-state index contributed by atoms with van der Waals surface area (Å²) in [6, 6.07) is 4.37. The second kappa shape index (κ2) is 5.77. The van der Waals surface area contributed by atoms with E-state index in [4.69, 9.17) is 4.74 Å². The minimum Gasteiger partial charge on any atom is -0.496 e. The summed E-state index contributed by atoms with van der Waals surface area (Å²) in [7, 11) is 1.74. The fraction of sp³-hybridized carbons (Fsp3) is 0.500. The summed E-state index contributed by atoms with van der Waals surface area (Å²) in [6.07, 6.45) is 0. The van der Waals surface area contributed by atoms with E-state index in [9.17, 15) is 0 Å². The van der Waals surface area contributed by atoms with E-state index in [1.807, 2.05) is 6.92 Å². The molecule has 1 nitrogen and oxygen atoms in total. The molecule has 0 aliphatic carbocycles. The summed E-state index contributed by atoms with van der Waals surface area (Å²) < 4.78 is 5.53. The van der Waals surface area contributed by atoms with Crippen molar-refractivity contribution in [3.05, 3.63) is 28.8 Å². The summed E-state index contributed by atoms with van der Waals surface area (Å²) in [5, 5.41) is 0. The van der Waals surface area contributed by atoms with Gasteiger partial charge in [0, 0.05) is 5.92 Å². The predicted molar refractivity (Wildman–Crippen MR) is 73.5 cm³/mol. The molecular formula is C16H22O. The van der Waals surface area contributed by atoms with Crippen molar-refractivity contribution in [1.82, 2.24) is 0 Å². The van der Waals surface area contributed by atoms with Crippen LogP contribution >= 0.6 is 0 Å². The maximum atomic E-state index is 5.53. The van der Waals surface area contributed by atoms with Crippen molar-refractivity contribution in [3.8, 4) is 17.6 Å². The Balaban J connectivity index is 3.23. The number of hydrogen-bond acceptors (Lipinski definition) is 1. The van der Waals surface area contributed by atoms with Gasteiger partial charge in [-0.25, -0.2) is 0 Å². The molecule has 0 bridgehead atoms. The SMILES string of the molecule is CC#CC(C)C(C)c1cc(C)cc(C)c1OC. The fourth-order valence-electron chi connectivity index (χ4n) is 2.23. The van der Waals surface area contributed by atoms with Gasteiger partial charge in [0.2, 0.25) is 0 Å². The lowest BCUT2D eigenvalue weighted by Crippen LogP contribution is -2.07. The molecule has 0 spiro atoms. The van der Waals surface area contributed by atoms with Crippen LogP contribution in [0.5, 0.6) is 5.75 Å². The van der Waals surface area contributed by atoms with Gasteiger partial charge < -0.3 is 4.74 Å². The third kappa shape index (κ3) is 3.03. The minimum absolute atomic E-state index is 0.343. The van der Waals surface area contributed by atoms with E-state index >= 15 is 0 Å². The smallest absolute Gasteiger partial charge is 0.125 e. The van der Waals surface area contributed by atoms with Crippen LogP contribution in [0.4, 0.5) is 0 Å². The molecule has 0 saturated heterocycles. The molecule has 0 amide bonds. The lowest BCUT2D eigenvalue weighted by Gasteiger charge is -2.20. The van der Waals surface area contributed by atoms with Crippen molar-refractivity contribution in [2.45, 2.75) is 40.5 Å². The van der Waals surface area contributed by atoms with Crippen LogP contribution in [0.25, 0.3) is 0 Å². The number of ether oxygens (including phenoxy) is 1. The molecule has 92 valence electrons. The summed E-state index contributed by atoms with van der Waals surface area (Å²) in [6.45, 7) is 10.5. The molecule has 1 aromatic rings. The third-order valence-corrected chi connectivity index (χ3v) is 3.26. The normalized spacial score (nSPS) is 13.5. The first-order valence-corrected chi connectivity index (χ1v) is 6.08. The molecule has 1 rings (SSSR count). The number of hydrogen-bond donors (Lipinski definition) is 0. The predicted octanol–water partition coefficient (Wildman–Crippen LogP) is 4.07. The van der Waals surface area contributed by atoms with Crippen LogP contribution in [-0.2, 0) is 0 Å². The van der Waals surface area contributed by atoms with Gasteiger partial charge in [-0.3, -0.25) is 0 Å². The highest BCUT2D eigenvalue weighted by Gasteiger charge is 2.18. The number of benzene rings is 1. The maximum absolute atomic E-state index is 5.53. The number of methoxy groups -OCH3 is 1. The molecule has 0 aromatic heterocycles. The molecule has 2 atom stereocenters. The van der Waals surface area contributed by atoms with Crippen LogP contribution < -0.4 is 4.74 Å². The molecular weight excluding hydrogens is 208 g/mol. The lowest BCUT2D eigenvalue weighted by atomic mass is 9.87. The molecule has 0 radical (unpaired) electrons. The highest BCUT2D eigenvalue weighted by Crippen LogP contribution is 2.34. The molecule has 0 N–H and O–H groups in total. The standard InChI is InChI=1S/C16H22O/c1-7-8-12(3)14(5)15-10-11(2)9-13(4)16(15)17-6/h9-10,12,14H,1-6H3. The molecule has 0 aliphatic heterocycles. The second-order valence-corrected chi connectivity index (χ2v) is 4.68. The van der Waals surface area contributed by atoms with Gasteiger partial charge in [0.05, 0.1) is 7.11 Å². The van der Waals surface area contributed by atoms with Crippen molar-refractivity contribution < 1.29 is 4.74 Å². The van der Waals surface area contributed by atoms with E-state index in [0.29, 0.717) is 11.8 Å². The Morgan fingerprint density at radius 1 is 1.18 bits per heavy atom. The number of aryl methyl sites for hydroxylation is 2. The molecule has 0 aliphatic rings. The zero-order valence-corrected chi connectivity index (χ0v) is 11.7. The Kier molecular flexibility index (Phi) is 4.63. The zero-order valence-electron chi connectivity index (χ0n) is 11.7. The van der Waals surface area contributed by atoms with Gasteiger partial charge in [-0.1, -0.05) is 37.5 Å². The van der Waals surface area contributed by atoms with Gasteiger partial charge >= 0.3 is 0 Å². The van der Waals surface area contributed by atoms with Crippen LogP contribution in [0.3, 0.4) is 0 Å². The zero-order chi connectivity index (χ0) is 13.0. The third-order valence-electron chi connectivity index (χ3n) is 3.26. The van der Waals surface area contributed by atoms with E-state index < -0.39 is 0 Å². The van der Waals surface area contributed by atoms with E-state index in [1.165, 1.54) is 16.7 Å². The maximum Gasteiger partial charge on any atom is 0.125 e. The summed E-state index contributed by atoms with van der Waals surface area (Å²) in [4.78, 5) is 0. The minimum atomic E-state index is 0.343. The molecule has 17 heavy (non-hydrogen) atoms. The van der Waals surface area contributed by atoms with Crippen LogP contribution in [0.2, 0.25) is 0 Å². The molecule has 0 heterocycles. The summed E-state index contributed by atoms with van der Waals surface area (Å²) in [5.74, 6) is 7.96. The average molecular weight is 230 g/mol. The second-order valence-electron chi connectivity index (χ2n) is 4.68. The van der Waals surface area contributed by atoms with Crippen molar-refractivity contribution >= 4 is 0 Å². The fourth-order valence-corrected chi connectivity index (χ4v) is 2.23. The Morgan fingerprint density at radius 3 is 2.35 bits per heavy atom. The summed E-state index contributed by atoms with van der Waals surface area (Å²) >= 11 is 0. The first-order chi connectivity index (χ1) is 8.01. The van der Waals surface area contributed by atoms with Gasteiger partial charge in [-0.15, -0.1) is 5.92 Å². The van der Waals surface area contributed by atoms with E-state index in [1.54, 1.807) is 7.11 Å². The molecule has 2 unspecified atom stereocenters. The quantitative estimate of drug-likeness (QED) is 0.711. The van der Waals surface area contributed by atoms with E-state index in [-0.39, 0.29) is 0 Å². The van der Waals surface area contributed by atoms with Crippen molar-refractivity contribution in [3.63, 3.8) is 0 Å². The first-order valence-electron chi connectivity index (χ1n) is 6.08. The Morgan fingerprint density at radius 2 is 1.82 bits per heavy atom. The average Bonchev–Trinajstić information content (AvgIpc) is 2.27. The lowest BCUT2D eigenvalue weighted by molar-refractivity contribution is 0.399. The first kappa shape index (κ1) is 13.6. The monoisotopic (exact) mass is 230 g/mol. The molecule has 1 aromatic carbocycles. The van der Waals surface area contributed by atoms with Gasteiger partial charge in [-0.2, -0.15) is 0 Å². The van der Waals surface area contributed by atoms with Gasteiger partial charge in [0.15, 0.2) is 0 Å². The summed E-state index contributed by atoms with van der Waals surface area (Å²) in [5.41, 5.74) is 3.74. The van der Waals surface area contributed by atoms with Crippen LogP contribution in [-0.4, -0.2) is 7.11 Å². The van der Waals surface area contributed by atoms with Gasteiger partial charge in [0.25, 0.3) is 0 Å². The topological polar surface area (TPSA) is 9.23 Å². The highest BCUT2D eigenvalue weighted by atomic mass is 16.5. The van der Waals surface area contributed by atoms with Gasteiger partial charge in [0.1, 0.15) is 5.75 Å². The van der Waals surface area contributed by atoms with Crippen LogP contribution in [0, 0.1) is 31.6 Å². The Labute approximate surface area is 105 Å². The highest BCUT2D eigenvalue weighted by molar-refractivity contribution is 5.46. The van der Waals surface area contributed by atoms with E-state index in [0.717, 1.165) is 5.75 Å². The van der Waals surface area contributed by atoms with Crippen LogP contribution in [0.15, 0.2) is 12.1 Å². The number of rotatable bonds is 3. The largest absolute Gasteiger partial charge is 0.496 e. The Bertz CT molecular complexity index is 449.